The minimum Gasteiger partial charge on any atom is -0.497 e. The summed E-state index contributed by atoms with van der Waals surface area (Å²) in [6.07, 6.45) is 6.87. The Hall–Kier alpha value is -1.02. The van der Waals surface area contributed by atoms with Crippen molar-refractivity contribution in [3.63, 3.8) is 0 Å². The number of rotatable bonds is 5. The van der Waals surface area contributed by atoms with Crippen molar-refractivity contribution in [2.24, 2.45) is 17.8 Å². The molecule has 4 atom stereocenters. The van der Waals surface area contributed by atoms with Gasteiger partial charge in [0.2, 0.25) is 0 Å². The van der Waals surface area contributed by atoms with Crippen molar-refractivity contribution in [1.82, 2.24) is 5.32 Å². The minimum absolute atomic E-state index is 0.536. The van der Waals surface area contributed by atoms with Crippen LogP contribution in [-0.2, 0) is 0 Å². The summed E-state index contributed by atoms with van der Waals surface area (Å²) in [5.74, 6) is 3.43. The zero-order valence-electron chi connectivity index (χ0n) is 13.6. The molecule has 116 valence electrons. The number of ether oxygens (including phenoxy) is 1. The standard InChI is InChI=1S/C19H29NO/c1-13-5-4-6-18(14(13)2)20-19(15-7-8-15)16-9-11-17(21-3)12-10-16/h9-15,18-20H,4-8H2,1-3H3. The molecule has 2 fully saturated rings. The van der Waals surface area contributed by atoms with E-state index in [1.54, 1.807) is 7.11 Å². The fourth-order valence-corrected chi connectivity index (χ4v) is 3.79. The van der Waals surface area contributed by atoms with Crippen molar-refractivity contribution >= 4 is 0 Å². The van der Waals surface area contributed by atoms with Gasteiger partial charge in [0.1, 0.15) is 5.75 Å². The van der Waals surface area contributed by atoms with Gasteiger partial charge in [-0.2, -0.15) is 0 Å². The van der Waals surface area contributed by atoms with Gasteiger partial charge in [-0.3, -0.25) is 0 Å². The van der Waals surface area contributed by atoms with Gasteiger partial charge in [0.25, 0.3) is 0 Å². The first-order valence-corrected chi connectivity index (χ1v) is 8.59. The maximum Gasteiger partial charge on any atom is 0.118 e. The van der Waals surface area contributed by atoms with Crippen LogP contribution >= 0.6 is 0 Å². The van der Waals surface area contributed by atoms with Crippen LogP contribution in [0.3, 0.4) is 0 Å². The van der Waals surface area contributed by atoms with Crippen molar-refractivity contribution in [3.05, 3.63) is 29.8 Å². The van der Waals surface area contributed by atoms with Gasteiger partial charge in [-0.25, -0.2) is 0 Å². The Kier molecular flexibility index (Phi) is 4.54. The monoisotopic (exact) mass is 287 g/mol. The third kappa shape index (κ3) is 3.42. The summed E-state index contributed by atoms with van der Waals surface area (Å²) in [6.45, 7) is 4.84. The van der Waals surface area contributed by atoms with Gasteiger partial charge in [-0.05, 0) is 54.7 Å². The molecule has 1 aromatic carbocycles. The molecule has 0 aliphatic heterocycles. The highest BCUT2D eigenvalue weighted by Crippen LogP contribution is 2.43. The molecular weight excluding hydrogens is 258 g/mol. The highest BCUT2D eigenvalue weighted by Gasteiger charge is 2.36. The quantitative estimate of drug-likeness (QED) is 0.857. The molecule has 2 heteroatoms. The highest BCUT2D eigenvalue weighted by molar-refractivity contribution is 5.30. The summed E-state index contributed by atoms with van der Waals surface area (Å²) in [6, 6.07) is 9.89. The molecule has 4 unspecified atom stereocenters. The lowest BCUT2D eigenvalue weighted by Crippen LogP contribution is -2.43. The van der Waals surface area contributed by atoms with Gasteiger partial charge in [0.15, 0.2) is 0 Å². The Labute approximate surface area is 129 Å². The zero-order chi connectivity index (χ0) is 14.8. The van der Waals surface area contributed by atoms with Crippen LogP contribution in [0.5, 0.6) is 5.75 Å². The van der Waals surface area contributed by atoms with E-state index in [9.17, 15) is 0 Å². The van der Waals surface area contributed by atoms with Gasteiger partial charge in [0.05, 0.1) is 7.11 Å². The van der Waals surface area contributed by atoms with E-state index >= 15 is 0 Å². The van der Waals surface area contributed by atoms with Crippen LogP contribution < -0.4 is 10.1 Å². The van der Waals surface area contributed by atoms with Gasteiger partial charge in [-0.15, -0.1) is 0 Å². The molecule has 21 heavy (non-hydrogen) atoms. The van der Waals surface area contributed by atoms with Gasteiger partial charge in [-0.1, -0.05) is 38.8 Å². The molecule has 2 saturated carbocycles. The molecule has 2 aliphatic carbocycles. The Bertz CT molecular complexity index is 451. The summed E-state index contributed by atoms with van der Waals surface area (Å²) < 4.78 is 5.29. The number of nitrogens with one attached hydrogen (secondary N) is 1. The zero-order valence-corrected chi connectivity index (χ0v) is 13.6. The first-order valence-electron chi connectivity index (χ1n) is 8.59. The molecule has 3 rings (SSSR count). The van der Waals surface area contributed by atoms with Gasteiger partial charge >= 0.3 is 0 Å². The number of hydrogen-bond donors (Lipinski definition) is 1. The summed E-state index contributed by atoms with van der Waals surface area (Å²) in [5, 5.41) is 4.01. The molecule has 0 aromatic heterocycles. The molecule has 0 bridgehead atoms. The second kappa shape index (κ2) is 6.39. The summed E-state index contributed by atoms with van der Waals surface area (Å²) >= 11 is 0. The van der Waals surface area contributed by atoms with Crippen LogP contribution in [0.1, 0.15) is 57.6 Å². The van der Waals surface area contributed by atoms with Crippen molar-refractivity contribution in [2.75, 3.05) is 7.11 Å². The Morgan fingerprint density at radius 1 is 1.05 bits per heavy atom. The normalized spacial score (nSPS) is 30.9. The van der Waals surface area contributed by atoms with E-state index in [0.717, 1.165) is 23.5 Å². The topological polar surface area (TPSA) is 21.3 Å². The highest BCUT2D eigenvalue weighted by atomic mass is 16.5. The Morgan fingerprint density at radius 2 is 1.76 bits per heavy atom. The minimum atomic E-state index is 0.536. The van der Waals surface area contributed by atoms with Gasteiger partial charge in [0, 0.05) is 12.1 Å². The molecule has 0 heterocycles. The molecule has 0 amide bonds. The lowest BCUT2D eigenvalue weighted by molar-refractivity contribution is 0.188. The summed E-state index contributed by atoms with van der Waals surface area (Å²) in [5.41, 5.74) is 1.43. The van der Waals surface area contributed by atoms with Crippen LogP contribution in [0, 0.1) is 17.8 Å². The second-order valence-corrected chi connectivity index (χ2v) is 7.13. The molecule has 0 radical (unpaired) electrons. The van der Waals surface area contributed by atoms with Crippen LogP contribution in [-0.4, -0.2) is 13.2 Å². The van der Waals surface area contributed by atoms with Crippen molar-refractivity contribution in [1.29, 1.82) is 0 Å². The SMILES string of the molecule is COc1ccc(C(NC2CCCC(C)C2C)C2CC2)cc1. The third-order valence-electron chi connectivity index (χ3n) is 5.67. The largest absolute Gasteiger partial charge is 0.497 e. The van der Waals surface area contributed by atoms with E-state index in [0.29, 0.717) is 12.1 Å². The van der Waals surface area contributed by atoms with E-state index in [2.05, 4.69) is 43.4 Å². The number of methoxy groups -OCH3 is 1. The van der Waals surface area contributed by atoms with E-state index in [1.807, 2.05) is 0 Å². The van der Waals surface area contributed by atoms with E-state index in [1.165, 1.54) is 37.7 Å². The fourth-order valence-electron chi connectivity index (χ4n) is 3.79. The number of benzene rings is 1. The van der Waals surface area contributed by atoms with E-state index < -0.39 is 0 Å². The van der Waals surface area contributed by atoms with Crippen LogP contribution in [0.15, 0.2) is 24.3 Å². The first-order chi connectivity index (χ1) is 10.2. The molecule has 1 aromatic rings. The molecular formula is C19H29NO. The maximum atomic E-state index is 5.29. The average molecular weight is 287 g/mol. The van der Waals surface area contributed by atoms with Crippen molar-refractivity contribution in [2.45, 2.75) is 58.0 Å². The number of hydrogen-bond acceptors (Lipinski definition) is 2. The lowest BCUT2D eigenvalue weighted by atomic mass is 9.77. The smallest absolute Gasteiger partial charge is 0.118 e. The fraction of sp³-hybridized carbons (Fsp3) is 0.684. The average Bonchev–Trinajstić information content (AvgIpc) is 3.34. The van der Waals surface area contributed by atoms with E-state index in [-0.39, 0.29) is 0 Å². The molecule has 0 spiro atoms. The van der Waals surface area contributed by atoms with Crippen LogP contribution in [0.4, 0.5) is 0 Å². The molecule has 1 N–H and O–H groups in total. The third-order valence-corrected chi connectivity index (χ3v) is 5.67. The summed E-state index contributed by atoms with van der Waals surface area (Å²) in [4.78, 5) is 0. The van der Waals surface area contributed by atoms with Crippen LogP contribution in [0.2, 0.25) is 0 Å². The molecule has 0 saturated heterocycles. The summed E-state index contributed by atoms with van der Waals surface area (Å²) in [7, 11) is 1.73. The van der Waals surface area contributed by atoms with E-state index in [4.69, 9.17) is 4.74 Å². The molecule has 2 nitrogen and oxygen atoms in total. The predicted octanol–water partition coefficient (Wildman–Crippen LogP) is 4.56. The molecule has 2 aliphatic rings. The van der Waals surface area contributed by atoms with Gasteiger partial charge < -0.3 is 10.1 Å². The second-order valence-electron chi connectivity index (χ2n) is 7.13. The Balaban J connectivity index is 1.72. The maximum absolute atomic E-state index is 5.29. The Morgan fingerprint density at radius 3 is 2.38 bits per heavy atom. The van der Waals surface area contributed by atoms with Crippen LogP contribution in [0.25, 0.3) is 0 Å². The predicted molar refractivity (Wildman–Crippen MR) is 87.6 cm³/mol. The van der Waals surface area contributed by atoms with Crippen molar-refractivity contribution in [3.8, 4) is 5.75 Å². The first kappa shape index (κ1) is 14.9. The lowest BCUT2D eigenvalue weighted by Gasteiger charge is -2.37. The van der Waals surface area contributed by atoms with Crippen molar-refractivity contribution < 1.29 is 4.74 Å².